The zero-order chi connectivity index (χ0) is 21.8. The van der Waals surface area contributed by atoms with E-state index in [1.807, 2.05) is 6.07 Å². The number of para-hydroxylation sites is 1. The van der Waals surface area contributed by atoms with Crippen molar-refractivity contribution in [1.82, 2.24) is 14.9 Å². The summed E-state index contributed by atoms with van der Waals surface area (Å²) in [6.07, 6.45) is 5.01. The van der Waals surface area contributed by atoms with Crippen LogP contribution in [0.2, 0.25) is 0 Å². The van der Waals surface area contributed by atoms with Gasteiger partial charge >= 0.3 is 0 Å². The molecule has 0 radical (unpaired) electrons. The van der Waals surface area contributed by atoms with Gasteiger partial charge in [0.25, 0.3) is 5.91 Å². The molecule has 1 aliphatic carbocycles. The predicted octanol–water partition coefficient (Wildman–Crippen LogP) is 3.45. The van der Waals surface area contributed by atoms with Crippen LogP contribution in [0.25, 0.3) is 17.0 Å². The first kappa shape index (κ1) is 21.3. The van der Waals surface area contributed by atoms with E-state index in [1.54, 1.807) is 11.6 Å². The quantitative estimate of drug-likeness (QED) is 0.297. The molecule has 1 atom stereocenters. The third-order valence-electron chi connectivity index (χ3n) is 6.21. The molecule has 1 amide bonds. The van der Waals surface area contributed by atoms with Gasteiger partial charge in [0.15, 0.2) is 0 Å². The van der Waals surface area contributed by atoms with Gasteiger partial charge in [-0.15, -0.1) is 0 Å². The second kappa shape index (κ2) is 9.47. The highest BCUT2D eigenvalue weighted by atomic mass is 16.5. The van der Waals surface area contributed by atoms with E-state index in [0.29, 0.717) is 6.54 Å². The molecular weight excluding hydrogens is 390 g/mol. The number of carbonyl (C=O) groups is 1. The lowest BCUT2D eigenvalue weighted by molar-refractivity contribution is -0.124. The number of aromatic nitrogens is 1. The Morgan fingerprint density at radius 1 is 1.23 bits per heavy atom. The summed E-state index contributed by atoms with van der Waals surface area (Å²) in [5.74, 6) is -0.541. The maximum atomic E-state index is 11.2. The van der Waals surface area contributed by atoms with Crippen LogP contribution in [0.15, 0.2) is 54.6 Å². The Kier molecular flexibility index (Phi) is 6.51. The molecule has 3 N–H and O–H groups in total. The van der Waals surface area contributed by atoms with Crippen molar-refractivity contribution in [3.05, 3.63) is 77.0 Å². The highest BCUT2D eigenvalue weighted by Gasteiger charge is 2.27. The number of carbonyl (C=O) groups excluding carboxylic acids is 1. The van der Waals surface area contributed by atoms with Gasteiger partial charge < -0.3 is 9.67 Å². The van der Waals surface area contributed by atoms with Crippen LogP contribution in [-0.2, 0) is 17.8 Å². The molecule has 0 saturated heterocycles. The number of aliphatic hydroxyl groups excluding tert-OH is 1. The molecule has 162 valence electrons. The average molecular weight is 420 g/mol. The Labute approximate surface area is 182 Å². The number of aliphatic hydroxyl groups is 1. The molecule has 1 heterocycles. The fraction of sp³-hybridized carbons (Fsp3) is 0.320. The summed E-state index contributed by atoms with van der Waals surface area (Å²) >= 11 is 0. The molecule has 0 saturated carbocycles. The lowest BCUT2D eigenvalue weighted by atomic mass is 10.0. The summed E-state index contributed by atoms with van der Waals surface area (Å²) in [5, 5.41) is 19.6. The smallest absolute Gasteiger partial charge is 0.267 e. The lowest BCUT2D eigenvalue weighted by Crippen LogP contribution is -2.33. The van der Waals surface area contributed by atoms with Crippen LogP contribution < -0.4 is 5.48 Å². The third-order valence-corrected chi connectivity index (χ3v) is 6.21. The first-order valence-corrected chi connectivity index (χ1v) is 10.8. The summed E-state index contributed by atoms with van der Waals surface area (Å²) in [5.41, 5.74) is 7.62. The van der Waals surface area contributed by atoms with E-state index in [9.17, 15) is 9.90 Å². The van der Waals surface area contributed by atoms with Gasteiger partial charge in [-0.3, -0.25) is 14.9 Å². The van der Waals surface area contributed by atoms with Crippen LogP contribution in [0.5, 0.6) is 0 Å². The van der Waals surface area contributed by atoms with Crippen LogP contribution in [0.1, 0.15) is 34.8 Å². The first-order chi connectivity index (χ1) is 15.1. The Balaban J connectivity index is 1.51. The maximum absolute atomic E-state index is 11.2. The molecular formula is C25H29N3O3. The van der Waals surface area contributed by atoms with Gasteiger partial charge in [-0.1, -0.05) is 36.4 Å². The van der Waals surface area contributed by atoms with Crippen LogP contribution in [0, 0.1) is 6.92 Å². The average Bonchev–Trinajstić information content (AvgIpc) is 3.34. The molecule has 31 heavy (non-hydrogen) atoms. The zero-order valence-electron chi connectivity index (χ0n) is 17.8. The molecule has 6 nitrogen and oxygen atoms in total. The number of benzene rings is 2. The van der Waals surface area contributed by atoms with E-state index in [0.717, 1.165) is 31.5 Å². The maximum Gasteiger partial charge on any atom is 0.267 e. The molecule has 0 spiro atoms. The van der Waals surface area contributed by atoms with Crippen molar-refractivity contribution in [2.24, 2.45) is 0 Å². The van der Waals surface area contributed by atoms with Crippen molar-refractivity contribution in [2.45, 2.75) is 32.4 Å². The molecule has 0 fully saturated rings. The standard InChI is InChI=1S/C25H29N3O3/c1-18-16-21-4-2-3-5-23(21)28(18)13-12-27(14-15-29)24-10-8-20-17-19(6-9-22(20)24)7-11-25(30)26-31/h2-7,9,11,16-17,24,29,31H,8,10,12-15H2,1H3,(H,26,30). The van der Waals surface area contributed by atoms with Crippen molar-refractivity contribution < 1.29 is 15.1 Å². The summed E-state index contributed by atoms with van der Waals surface area (Å²) in [6.45, 7) is 4.66. The van der Waals surface area contributed by atoms with Gasteiger partial charge in [-0.25, -0.2) is 5.48 Å². The highest BCUT2D eigenvalue weighted by molar-refractivity contribution is 5.90. The molecule has 2 aromatic carbocycles. The third kappa shape index (κ3) is 4.56. The number of amides is 1. The van der Waals surface area contributed by atoms with Crippen LogP contribution in [0.3, 0.4) is 0 Å². The number of aryl methyl sites for hydroxylation is 2. The number of nitrogens with zero attached hydrogens (tertiary/aromatic N) is 2. The molecule has 4 rings (SSSR count). The van der Waals surface area contributed by atoms with E-state index in [4.69, 9.17) is 5.21 Å². The van der Waals surface area contributed by atoms with E-state index < -0.39 is 5.91 Å². The van der Waals surface area contributed by atoms with Gasteiger partial charge in [-0.2, -0.15) is 0 Å². The van der Waals surface area contributed by atoms with E-state index >= 15 is 0 Å². The van der Waals surface area contributed by atoms with Crippen LogP contribution in [-0.4, -0.2) is 45.4 Å². The van der Waals surface area contributed by atoms with Crippen molar-refractivity contribution in [2.75, 3.05) is 19.7 Å². The summed E-state index contributed by atoms with van der Waals surface area (Å²) < 4.78 is 2.36. The Morgan fingerprint density at radius 3 is 2.87 bits per heavy atom. The Bertz CT molecular complexity index is 1100. The Hall–Kier alpha value is -2.93. The van der Waals surface area contributed by atoms with Gasteiger partial charge in [0.05, 0.1) is 6.61 Å². The molecule has 1 aromatic heterocycles. The SMILES string of the molecule is Cc1cc2ccccc2n1CCN(CCO)C1CCc2cc(C=CC(=O)NO)ccc21. The number of nitrogens with one attached hydrogen (secondary N) is 1. The Morgan fingerprint density at radius 2 is 2.06 bits per heavy atom. The summed E-state index contributed by atoms with van der Waals surface area (Å²) in [6, 6.07) is 17.2. The van der Waals surface area contributed by atoms with Crippen molar-refractivity contribution in [1.29, 1.82) is 0 Å². The second-order valence-electron chi connectivity index (χ2n) is 8.08. The molecule has 0 bridgehead atoms. The number of hydrogen-bond acceptors (Lipinski definition) is 4. The van der Waals surface area contributed by atoms with Crippen LogP contribution in [0.4, 0.5) is 0 Å². The van der Waals surface area contributed by atoms with E-state index in [2.05, 4.69) is 58.9 Å². The van der Waals surface area contributed by atoms with E-state index in [-0.39, 0.29) is 12.6 Å². The minimum atomic E-state index is -0.541. The molecule has 3 aromatic rings. The monoisotopic (exact) mass is 419 g/mol. The summed E-state index contributed by atoms with van der Waals surface area (Å²) in [7, 11) is 0. The van der Waals surface area contributed by atoms with Gasteiger partial charge in [0.2, 0.25) is 0 Å². The number of hydroxylamine groups is 1. The molecule has 1 aliphatic rings. The minimum Gasteiger partial charge on any atom is -0.395 e. The highest BCUT2D eigenvalue weighted by Crippen LogP contribution is 2.36. The van der Waals surface area contributed by atoms with Gasteiger partial charge in [0.1, 0.15) is 0 Å². The largest absolute Gasteiger partial charge is 0.395 e. The number of rotatable bonds is 8. The molecule has 1 unspecified atom stereocenters. The molecule has 6 heteroatoms. The van der Waals surface area contributed by atoms with Crippen molar-refractivity contribution in [3.63, 3.8) is 0 Å². The number of fused-ring (bicyclic) bond motifs is 2. The lowest BCUT2D eigenvalue weighted by Gasteiger charge is -2.29. The van der Waals surface area contributed by atoms with E-state index in [1.165, 1.54) is 33.8 Å². The van der Waals surface area contributed by atoms with Gasteiger partial charge in [-0.05, 0) is 60.1 Å². The van der Waals surface area contributed by atoms with Crippen molar-refractivity contribution >= 4 is 22.9 Å². The minimum absolute atomic E-state index is 0.133. The second-order valence-corrected chi connectivity index (χ2v) is 8.08. The van der Waals surface area contributed by atoms with Crippen LogP contribution >= 0.6 is 0 Å². The molecule has 0 aliphatic heterocycles. The summed E-state index contributed by atoms with van der Waals surface area (Å²) in [4.78, 5) is 13.6. The zero-order valence-corrected chi connectivity index (χ0v) is 17.8. The van der Waals surface area contributed by atoms with Crippen molar-refractivity contribution in [3.8, 4) is 0 Å². The topological polar surface area (TPSA) is 77.7 Å². The normalized spacial score (nSPS) is 15.8. The fourth-order valence-corrected chi connectivity index (χ4v) is 4.73. The predicted molar refractivity (Wildman–Crippen MR) is 122 cm³/mol. The van der Waals surface area contributed by atoms with Gasteiger partial charge in [0, 0.05) is 43.0 Å². The first-order valence-electron chi connectivity index (χ1n) is 10.8. The fourth-order valence-electron chi connectivity index (χ4n) is 4.73. The number of hydrogen-bond donors (Lipinski definition) is 3.